The van der Waals surface area contributed by atoms with Crippen molar-refractivity contribution in [2.75, 3.05) is 70.1 Å². The number of ether oxygens (including phenoxy) is 1. The number of nitrogens with zero attached hydrogens (tertiary/aromatic N) is 4. The summed E-state index contributed by atoms with van der Waals surface area (Å²) in [6, 6.07) is 3.92. The lowest BCUT2D eigenvalue weighted by atomic mass is 10.2. The number of nitrogen functional groups attached to an aromatic ring is 1. The summed E-state index contributed by atoms with van der Waals surface area (Å²) in [7, 11) is 2.17. The second-order valence-corrected chi connectivity index (χ2v) is 5.98. The average Bonchev–Trinajstić information content (AvgIpc) is 2.49. The first-order valence-electron chi connectivity index (χ1n) is 7.70. The van der Waals surface area contributed by atoms with E-state index in [1.54, 1.807) is 0 Å². The number of rotatable bonds is 3. The molecule has 1 aromatic rings. The molecule has 1 aromatic heterocycles. The number of hydrogen-bond acceptors (Lipinski definition) is 6. The summed E-state index contributed by atoms with van der Waals surface area (Å²) >= 11 is 0. The van der Waals surface area contributed by atoms with Crippen LogP contribution in [0, 0.1) is 0 Å². The van der Waals surface area contributed by atoms with Gasteiger partial charge in [0.05, 0.1) is 24.6 Å². The van der Waals surface area contributed by atoms with E-state index in [1.165, 1.54) is 0 Å². The molecule has 0 spiro atoms. The van der Waals surface area contributed by atoms with Crippen LogP contribution in [0.15, 0.2) is 18.3 Å². The van der Waals surface area contributed by atoms with Crippen LogP contribution in [0.2, 0.25) is 0 Å². The summed E-state index contributed by atoms with van der Waals surface area (Å²) in [4.78, 5) is 11.4. The van der Waals surface area contributed by atoms with E-state index in [-0.39, 0.29) is 0 Å². The van der Waals surface area contributed by atoms with Crippen LogP contribution in [0.3, 0.4) is 0 Å². The van der Waals surface area contributed by atoms with Crippen molar-refractivity contribution in [3.63, 3.8) is 0 Å². The molecule has 2 fully saturated rings. The molecule has 0 bridgehead atoms. The standard InChI is InChI=1S/C15H25N5O/c1-18-8-9-21-14(11-18)12-19-4-6-20(7-5-19)13-2-3-15(16)17-10-13/h2-3,10,14H,4-9,11-12H2,1H3,(H2,16,17). The van der Waals surface area contributed by atoms with Crippen molar-refractivity contribution in [1.82, 2.24) is 14.8 Å². The molecule has 2 aliphatic rings. The lowest BCUT2D eigenvalue weighted by Gasteiger charge is -2.39. The van der Waals surface area contributed by atoms with E-state index in [0.29, 0.717) is 11.9 Å². The van der Waals surface area contributed by atoms with Gasteiger partial charge in [-0.1, -0.05) is 0 Å². The molecule has 1 atom stereocenters. The minimum atomic E-state index is 0.355. The largest absolute Gasteiger partial charge is 0.384 e. The van der Waals surface area contributed by atoms with Crippen LogP contribution in [0.5, 0.6) is 0 Å². The van der Waals surface area contributed by atoms with Crippen LogP contribution >= 0.6 is 0 Å². The highest BCUT2D eigenvalue weighted by Crippen LogP contribution is 2.16. The number of nitrogens with two attached hydrogens (primary N) is 1. The lowest BCUT2D eigenvalue weighted by molar-refractivity contribution is -0.0361. The Balaban J connectivity index is 1.47. The lowest BCUT2D eigenvalue weighted by Crippen LogP contribution is -2.52. The van der Waals surface area contributed by atoms with Gasteiger partial charge in [0.25, 0.3) is 0 Å². The first-order chi connectivity index (χ1) is 10.2. The molecule has 0 aliphatic carbocycles. The van der Waals surface area contributed by atoms with Crippen LogP contribution in [0.25, 0.3) is 0 Å². The van der Waals surface area contributed by atoms with E-state index in [4.69, 9.17) is 10.5 Å². The summed E-state index contributed by atoms with van der Waals surface area (Å²) < 4.78 is 5.85. The van der Waals surface area contributed by atoms with Gasteiger partial charge in [-0.2, -0.15) is 0 Å². The molecule has 3 heterocycles. The monoisotopic (exact) mass is 291 g/mol. The van der Waals surface area contributed by atoms with Gasteiger partial charge in [-0.3, -0.25) is 4.90 Å². The second-order valence-electron chi connectivity index (χ2n) is 5.98. The maximum atomic E-state index is 5.85. The van der Waals surface area contributed by atoms with E-state index in [9.17, 15) is 0 Å². The van der Waals surface area contributed by atoms with Crippen LogP contribution in [0.4, 0.5) is 11.5 Å². The molecule has 0 aromatic carbocycles. The molecule has 1 unspecified atom stereocenters. The number of aromatic nitrogens is 1. The van der Waals surface area contributed by atoms with Gasteiger partial charge >= 0.3 is 0 Å². The maximum absolute atomic E-state index is 5.85. The van der Waals surface area contributed by atoms with Gasteiger partial charge in [-0.05, 0) is 19.2 Å². The van der Waals surface area contributed by atoms with Crippen molar-refractivity contribution in [2.24, 2.45) is 0 Å². The minimum absolute atomic E-state index is 0.355. The number of likely N-dealkylation sites (N-methyl/N-ethyl adjacent to an activating group) is 1. The van der Waals surface area contributed by atoms with Gasteiger partial charge in [0.2, 0.25) is 0 Å². The van der Waals surface area contributed by atoms with Gasteiger partial charge in [-0.25, -0.2) is 4.98 Å². The quantitative estimate of drug-likeness (QED) is 0.853. The van der Waals surface area contributed by atoms with Crippen LogP contribution < -0.4 is 10.6 Å². The zero-order valence-corrected chi connectivity index (χ0v) is 12.7. The fraction of sp³-hybridized carbons (Fsp3) is 0.667. The number of anilines is 2. The summed E-state index contributed by atoms with van der Waals surface area (Å²) in [6.45, 7) is 8.22. The van der Waals surface area contributed by atoms with E-state index in [1.807, 2.05) is 12.3 Å². The van der Waals surface area contributed by atoms with Crippen LogP contribution in [0.1, 0.15) is 0 Å². The molecular formula is C15H25N5O. The predicted octanol–water partition coefficient (Wildman–Crippen LogP) is 0.116. The normalized spacial score (nSPS) is 25.2. The molecule has 3 rings (SSSR count). The maximum Gasteiger partial charge on any atom is 0.123 e. The predicted molar refractivity (Wildman–Crippen MR) is 84.5 cm³/mol. The van der Waals surface area contributed by atoms with Gasteiger partial charge in [-0.15, -0.1) is 0 Å². The topological polar surface area (TPSA) is 57.9 Å². The fourth-order valence-corrected chi connectivity index (χ4v) is 3.04. The smallest absolute Gasteiger partial charge is 0.123 e. The second kappa shape index (κ2) is 6.60. The number of morpholine rings is 1. The SMILES string of the molecule is CN1CCOC(CN2CCN(c3ccc(N)nc3)CC2)C1. The Kier molecular flexibility index (Phi) is 4.57. The first kappa shape index (κ1) is 14.6. The van der Waals surface area contributed by atoms with Crippen LogP contribution in [-0.4, -0.2) is 80.4 Å². The van der Waals surface area contributed by atoms with E-state index in [2.05, 4.69) is 32.8 Å². The Morgan fingerprint density at radius 3 is 2.71 bits per heavy atom. The zero-order chi connectivity index (χ0) is 14.7. The van der Waals surface area contributed by atoms with E-state index in [0.717, 1.165) is 58.1 Å². The van der Waals surface area contributed by atoms with Gasteiger partial charge in [0.1, 0.15) is 5.82 Å². The highest BCUT2D eigenvalue weighted by atomic mass is 16.5. The molecule has 0 amide bonds. The van der Waals surface area contributed by atoms with Crippen molar-refractivity contribution >= 4 is 11.5 Å². The van der Waals surface area contributed by atoms with Crippen molar-refractivity contribution in [3.8, 4) is 0 Å². The molecule has 2 saturated heterocycles. The van der Waals surface area contributed by atoms with Gasteiger partial charge in [0, 0.05) is 45.8 Å². The number of hydrogen-bond donors (Lipinski definition) is 1. The fourth-order valence-electron chi connectivity index (χ4n) is 3.04. The molecular weight excluding hydrogens is 266 g/mol. The molecule has 2 aliphatic heterocycles. The Morgan fingerprint density at radius 1 is 1.24 bits per heavy atom. The third-order valence-electron chi connectivity index (χ3n) is 4.31. The minimum Gasteiger partial charge on any atom is -0.384 e. The zero-order valence-electron chi connectivity index (χ0n) is 12.7. The van der Waals surface area contributed by atoms with Crippen molar-refractivity contribution in [1.29, 1.82) is 0 Å². The Morgan fingerprint density at radius 2 is 2.05 bits per heavy atom. The van der Waals surface area contributed by atoms with E-state index < -0.39 is 0 Å². The van der Waals surface area contributed by atoms with Gasteiger partial charge in [0.15, 0.2) is 0 Å². The molecule has 0 saturated carbocycles. The highest BCUT2D eigenvalue weighted by molar-refractivity contribution is 5.48. The molecule has 116 valence electrons. The third kappa shape index (κ3) is 3.84. The summed E-state index contributed by atoms with van der Waals surface area (Å²) in [5.74, 6) is 0.580. The Bertz CT molecular complexity index is 444. The molecule has 2 N–H and O–H groups in total. The first-order valence-corrected chi connectivity index (χ1v) is 7.70. The third-order valence-corrected chi connectivity index (χ3v) is 4.31. The number of piperazine rings is 1. The number of pyridine rings is 1. The van der Waals surface area contributed by atoms with Crippen molar-refractivity contribution < 1.29 is 4.74 Å². The summed E-state index contributed by atoms with van der Waals surface area (Å²) in [6.07, 6.45) is 2.22. The van der Waals surface area contributed by atoms with Crippen molar-refractivity contribution in [2.45, 2.75) is 6.10 Å². The van der Waals surface area contributed by atoms with Gasteiger partial charge < -0.3 is 20.3 Å². The Hall–Kier alpha value is -1.37. The van der Waals surface area contributed by atoms with Crippen molar-refractivity contribution in [3.05, 3.63) is 18.3 Å². The van der Waals surface area contributed by atoms with Crippen LogP contribution in [-0.2, 0) is 4.74 Å². The summed E-state index contributed by atoms with van der Waals surface area (Å²) in [5.41, 5.74) is 6.80. The Labute approximate surface area is 126 Å². The molecule has 0 radical (unpaired) electrons. The highest BCUT2D eigenvalue weighted by Gasteiger charge is 2.23. The summed E-state index contributed by atoms with van der Waals surface area (Å²) in [5, 5.41) is 0. The molecule has 6 nitrogen and oxygen atoms in total. The molecule has 6 heteroatoms. The van der Waals surface area contributed by atoms with E-state index >= 15 is 0 Å². The average molecular weight is 291 g/mol. The molecule has 21 heavy (non-hydrogen) atoms.